The van der Waals surface area contributed by atoms with Crippen LogP contribution >= 0.6 is 0 Å². The molecule has 0 amide bonds. The molecule has 3 heteroatoms. The molecule has 0 bridgehead atoms. The van der Waals surface area contributed by atoms with Gasteiger partial charge in [0.2, 0.25) is 0 Å². The van der Waals surface area contributed by atoms with Crippen molar-refractivity contribution in [3.05, 3.63) is 94.6 Å². The molecule has 148 valence electrons. The van der Waals surface area contributed by atoms with E-state index in [0.29, 0.717) is 6.42 Å². The normalized spacial score (nSPS) is 22.0. The summed E-state index contributed by atoms with van der Waals surface area (Å²) in [6.07, 6.45) is 10.8. The first-order chi connectivity index (χ1) is 13.3. The highest BCUT2D eigenvalue weighted by Crippen LogP contribution is 2.50. The Morgan fingerprint density at radius 1 is 1.18 bits per heavy atom. The zero-order valence-corrected chi connectivity index (χ0v) is 16.6. The third kappa shape index (κ3) is 4.09. The molecule has 1 atom stereocenters. The molecule has 0 heterocycles. The van der Waals surface area contributed by atoms with Crippen molar-refractivity contribution in [2.24, 2.45) is 5.41 Å². The van der Waals surface area contributed by atoms with Gasteiger partial charge >= 0.3 is 6.18 Å². The molecule has 2 aliphatic carbocycles. The first-order valence-corrected chi connectivity index (χ1v) is 9.85. The van der Waals surface area contributed by atoms with Crippen LogP contribution in [0.15, 0.2) is 83.5 Å². The number of halogens is 3. The third-order valence-electron chi connectivity index (χ3n) is 5.83. The molecule has 1 aromatic rings. The van der Waals surface area contributed by atoms with E-state index in [-0.39, 0.29) is 5.41 Å². The largest absolute Gasteiger partial charge is 0.416 e. The number of hydrogen-bond acceptors (Lipinski definition) is 0. The lowest BCUT2D eigenvalue weighted by atomic mass is 9.62. The first kappa shape index (κ1) is 20.4. The summed E-state index contributed by atoms with van der Waals surface area (Å²) in [5.74, 6) is 0. The van der Waals surface area contributed by atoms with Crippen LogP contribution in [0.25, 0.3) is 0 Å². The minimum atomic E-state index is -4.31. The van der Waals surface area contributed by atoms with Crippen molar-refractivity contribution < 1.29 is 13.2 Å². The quantitative estimate of drug-likeness (QED) is 0.470. The van der Waals surface area contributed by atoms with Crippen molar-refractivity contribution in [2.75, 3.05) is 0 Å². The van der Waals surface area contributed by atoms with Crippen LogP contribution in [0.4, 0.5) is 13.2 Å². The molecule has 28 heavy (non-hydrogen) atoms. The van der Waals surface area contributed by atoms with Gasteiger partial charge in [-0.15, -0.1) is 0 Å². The second-order valence-corrected chi connectivity index (χ2v) is 7.83. The van der Waals surface area contributed by atoms with Gasteiger partial charge in [-0.05, 0) is 61.4 Å². The highest BCUT2D eigenvalue weighted by molar-refractivity contribution is 5.50. The van der Waals surface area contributed by atoms with Gasteiger partial charge in [0.25, 0.3) is 0 Å². The Morgan fingerprint density at radius 2 is 1.89 bits per heavy atom. The van der Waals surface area contributed by atoms with Crippen molar-refractivity contribution in [2.45, 2.75) is 52.1 Å². The van der Waals surface area contributed by atoms with Crippen LogP contribution in [0, 0.1) is 5.41 Å². The summed E-state index contributed by atoms with van der Waals surface area (Å²) in [7, 11) is 0. The maximum Gasteiger partial charge on any atom is 0.416 e. The summed E-state index contributed by atoms with van der Waals surface area (Å²) in [5, 5.41) is 0. The molecular weight excluding hydrogens is 357 g/mol. The van der Waals surface area contributed by atoms with Crippen LogP contribution in [-0.4, -0.2) is 0 Å². The Kier molecular flexibility index (Phi) is 5.83. The number of allylic oxidation sites excluding steroid dienone is 9. The molecule has 0 aromatic heterocycles. The van der Waals surface area contributed by atoms with Crippen molar-refractivity contribution in [3.8, 4) is 0 Å². The molecule has 0 N–H and O–H groups in total. The van der Waals surface area contributed by atoms with Crippen molar-refractivity contribution >= 4 is 0 Å². The molecule has 1 unspecified atom stereocenters. The van der Waals surface area contributed by atoms with Crippen molar-refractivity contribution in [3.63, 3.8) is 0 Å². The number of hydrogen-bond donors (Lipinski definition) is 0. The van der Waals surface area contributed by atoms with Crippen molar-refractivity contribution in [1.29, 1.82) is 0 Å². The summed E-state index contributed by atoms with van der Waals surface area (Å²) in [5.41, 5.74) is 4.95. The predicted molar refractivity (Wildman–Crippen MR) is 110 cm³/mol. The Morgan fingerprint density at radius 3 is 2.46 bits per heavy atom. The number of benzene rings is 1. The molecule has 0 spiro atoms. The maximum absolute atomic E-state index is 12.9. The molecular formula is C25H27F3. The summed E-state index contributed by atoms with van der Waals surface area (Å²) < 4.78 is 38.8. The smallest absolute Gasteiger partial charge is 0.166 e. The fourth-order valence-electron chi connectivity index (χ4n) is 4.27. The van der Waals surface area contributed by atoms with Crippen LogP contribution < -0.4 is 0 Å². The van der Waals surface area contributed by atoms with E-state index >= 15 is 0 Å². The van der Waals surface area contributed by atoms with Gasteiger partial charge in [0, 0.05) is 5.41 Å². The zero-order chi connectivity index (χ0) is 20.4. The Labute approximate surface area is 165 Å². The highest BCUT2D eigenvalue weighted by atomic mass is 19.4. The molecule has 0 saturated heterocycles. The molecule has 0 aliphatic heterocycles. The average Bonchev–Trinajstić information content (AvgIpc) is 3.18. The van der Waals surface area contributed by atoms with E-state index in [1.807, 2.05) is 0 Å². The standard InChI is InChI=1S/C25H27F3/c1-4-7-23-16-18(2)14-15-24(23,19(3)21-8-5-6-9-21)17-20-10-12-22(13-11-20)25(26,27)28/h5-6,8,10-14,16H,3-4,7,9,15,17H2,1-2H3. The summed E-state index contributed by atoms with van der Waals surface area (Å²) in [4.78, 5) is 0. The Hall–Kier alpha value is -2.29. The van der Waals surface area contributed by atoms with Crippen LogP contribution in [0.2, 0.25) is 0 Å². The second-order valence-electron chi connectivity index (χ2n) is 7.83. The lowest BCUT2D eigenvalue weighted by Gasteiger charge is -2.41. The molecule has 0 saturated carbocycles. The fraction of sp³-hybridized carbons (Fsp3) is 0.360. The summed E-state index contributed by atoms with van der Waals surface area (Å²) in [6.45, 7) is 8.76. The summed E-state index contributed by atoms with van der Waals surface area (Å²) in [6, 6.07) is 5.62. The summed E-state index contributed by atoms with van der Waals surface area (Å²) >= 11 is 0. The lowest BCUT2D eigenvalue weighted by molar-refractivity contribution is -0.137. The van der Waals surface area contributed by atoms with Gasteiger partial charge in [-0.25, -0.2) is 0 Å². The zero-order valence-electron chi connectivity index (χ0n) is 16.6. The van der Waals surface area contributed by atoms with E-state index in [2.05, 4.69) is 50.8 Å². The van der Waals surface area contributed by atoms with Gasteiger partial charge in [0.1, 0.15) is 0 Å². The van der Waals surface area contributed by atoms with Crippen molar-refractivity contribution in [1.82, 2.24) is 0 Å². The van der Waals surface area contributed by atoms with Crippen LogP contribution in [0.3, 0.4) is 0 Å². The van der Waals surface area contributed by atoms with Gasteiger partial charge < -0.3 is 0 Å². The molecule has 0 nitrogen and oxygen atoms in total. The van der Waals surface area contributed by atoms with E-state index in [9.17, 15) is 13.2 Å². The molecule has 3 rings (SSSR count). The van der Waals surface area contributed by atoms with Gasteiger partial charge in [0.15, 0.2) is 0 Å². The first-order valence-electron chi connectivity index (χ1n) is 9.85. The number of alkyl halides is 3. The van der Waals surface area contributed by atoms with E-state index in [1.165, 1.54) is 28.9 Å². The average molecular weight is 384 g/mol. The lowest BCUT2D eigenvalue weighted by Crippen LogP contribution is -2.31. The fourth-order valence-corrected chi connectivity index (χ4v) is 4.27. The molecule has 1 aromatic carbocycles. The third-order valence-corrected chi connectivity index (χ3v) is 5.83. The van der Waals surface area contributed by atoms with Gasteiger partial charge in [0.05, 0.1) is 5.56 Å². The molecule has 0 fully saturated rings. The van der Waals surface area contributed by atoms with Crippen LogP contribution in [-0.2, 0) is 12.6 Å². The number of rotatable bonds is 6. The monoisotopic (exact) mass is 384 g/mol. The van der Waals surface area contributed by atoms with E-state index < -0.39 is 11.7 Å². The van der Waals surface area contributed by atoms with Crippen LogP contribution in [0.1, 0.15) is 50.7 Å². The maximum atomic E-state index is 12.9. The highest BCUT2D eigenvalue weighted by Gasteiger charge is 2.39. The topological polar surface area (TPSA) is 0 Å². The predicted octanol–water partition coefficient (Wildman–Crippen LogP) is 7.75. The second kappa shape index (κ2) is 7.98. The van der Waals surface area contributed by atoms with E-state index in [0.717, 1.165) is 36.8 Å². The molecule has 2 aliphatic rings. The van der Waals surface area contributed by atoms with Gasteiger partial charge in [-0.2, -0.15) is 13.2 Å². The van der Waals surface area contributed by atoms with Gasteiger partial charge in [-0.1, -0.05) is 73.6 Å². The minimum Gasteiger partial charge on any atom is -0.166 e. The van der Waals surface area contributed by atoms with Crippen LogP contribution in [0.5, 0.6) is 0 Å². The van der Waals surface area contributed by atoms with E-state index in [1.54, 1.807) is 12.1 Å². The Bertz CT molecular complexity index is 860. The minimum absolute atomic E-state index is 0.271. The van der Waals surface area contributed by atoms with Gasteiger partial charge in [-0.3, -0.25) is 0 Å². The SMILES string of the molecule is C=C(C1=CC=CC1)C1(Cc2ccc(C(F)(F)F)cc2)CC=C(C)C=C1CCC. The molecule has 0 radical (unpaired) electrons. The van der Waals surface area contributed by atoms with E-state index in [4.69, 9.17) is 0 Å². The Balaban J connectivity index is 1.99.